The first-order valence-corrected chi connectivity index (χ1v) is 6.14. The molecule has 0 heterocycles. The largest absolute Gasteiger partial charge is 0.349 e. The number of amides is 1. The molecule has 1 aromatic rings. The molecule has 2 nitrogen and oxygen atoms in total. The van der Waals surface area contributed by atoms with E-state index in [1.165, 1.54) is 18.2 Å². The zero-order valence-corrected chi connectivity index (χ0v) is 11.2. The van der Waals surface area contributed by atoms with Crippen LogP contribution in [0.15, 0.2) is 23.1 Å². The van der Waals surface area contributed by atoms with Crippen LogP contribution in [-0.2, 0) is 0 Å². The molecule has 1 aromatic carbocycles. The summed E-state index contributed by atoms with van der Waals surface area (Å²) in [4.78, 5) is 12.4. The van der Waals surface area contributed by atoms with Gasteiger partial charge in [-0.2, -0.15) is 0 Å². The van der Waals surface area contributed by atoms with Gasteiger partial charge in [0.2, 0.25) is 0 Å². The van der Waals surface area contributed by atoms with Gasteiger partial charge in [-0.05, 0) is 37.5 Å². The van der Waals surface area contributed by atoms with Crippen molar-refractivity contribution < 1.29 is 9.18 Å². The molecule has 94 valence electrons. The molecule has 0 saturated carbocycles. The number of hydrogen-bond acceptors (Lipinski definition) is 2. The lowest BCUT2D eigenvalue weighted by Gasteiger charge is -2.16. The number of hydrogen-bond donors (Lipinski definition) is 2. The molecule has 0 aromatic heterocycles. The molecule has 0 spiro atoms. The van der Waals surface area contributed by atoms with Crippen LogP contribution in [0.3, 0.4) is 0 Å². The van der Waals surface area contributed by atoms with Gasteiger partial charge >= 0.3 is 0 Å². The second-order valence-electron chi connectivity index (χ2n) is 4.67. The van der Waals surface area contributed by atoms with Crippen molar-refractivity contribution in [2.24, 2.45) is 5.92 Å². The second-order valence-corrected chi connectivity index (χ2v) is 5.18. The van der Waals surface area contributed by atoms with Crippen molar-refractivity contribution in [3.05, 3.63) is 29.6 Å². The second kappa shape index (κ2) is 6.05. The van der Waals surface area contributed by atoms with Gasteiger partial charge in [0.1, 0.15) is 5.82 Å². The van der Waals surface area contributed by atoms with Crippen molar-refractivity contribution in [2.75, 3.05) is 0 Å². The molecule has 0 bridgehead atoms. The zero-order valence-electron chi connectivity index (χ0n) is 10.3. The maximum atomic E-state index is 13.4. The molecule has 17 heavy (non-hydrogen) atoms. The Balaban J connectivity index is 2.73. The summed E-state index contributed by atoms with van der Waals surface area (Å²) in [6.45, 7) is 6.08. The number of rotatable bonds is 4. The van der Waals surface area contributed by atoms with Crippen LogP contribution in [0, 0.1) is 11.7 Å². The quantitative estimate of drug-likeness (QED) is 0.794. The Labute approximate surface area is 107 Å². The van der Waals surface area contributed by atoms with Crippen LogP contribution in [0.25, 0.3) is 0 Å². The summed E-state index contributed by atoms with van der Waals surface area (Å²) >= 11 is 4.10. The van der Waals surface area contributed by atoms with Crippen molar-refractivity contribution in [1.29, 1.82) is 0 Å². The number of nitrogens with one attached hydrogen (secondary N) is 1. The van der Waals surface area contributed by atoms with Crippen LogP contribution in [0.4, 0.5) is 4.39 Å². The van der Waals surface area contributed by atoms with Crippen LogP contribution < -0.4 is 5.32 Å². The van der Waals surface area contributed by atoms with Gasteiger partial charge in [0.15, 0.2) is 0 Å². The van der Waals surface area contributed by atoms with Crippen LogP contribution in [0.5, 0.6) is 0 Å². The summed E-state index contributed by atoms with van der Waals surface area (Å²) < 4.78 is 13.4. The fourth-order valence-electron chi connectivity index (χ4n) is 1.75. The average molecular weight is 255 g/mol. The lowest BCUT2D eigenvalue weighted by molar-refractivity contribution is 0.0932. The third-order valence-corrected chi connectivity index (χ3v) is 2.68. The van der Waals surface area contributed by atoms with Crippen molar-refractivity contribution >= 4 is 18.5 Å². The van der Waals surface area contributed by atoms with E-state index in [2.05, 4.69) is 31.8 Å². The van der Waals surface area contributed by atoms with E-state index in [1.54, 1.807) is 0 Å². The fourth-order valence-corrected chi connectivity index (χ4v) is 1.96. The van der Waals surface area contributed by atoms with Crippen LogP contribution >= 0.6 is 12.6 Å². The lowest BCUT2D eigenvalue weighted by Crippen LogP contribution is -2.34. The maximum Gasteiger partial charge on any atom is 0.254 e. The van der Waals surface area contributed by atoms with Crippen LogP contribution in [-0.4, -0.2) is 11.9 Å². The number of carbonyl (C=O) groups is 1. The van der Waals surface area contributed by atoms with Crippen molar-refractivity contribution in [3.8, 4) is 0 Å². The Morgan fingerprint density at radius 2 is 2.06 bits per heavy atom. The van der Waals surface area contributed by atoms with Gasteiger partial charge in [-0.3, -0.25) is 4.79 Å². The first-order valence-electron chi connectivity index (χ1n) is 5.69. The molecular weight excluding hydrogens is 237 g/mol. The minimum atomic E-state index is -0.517. The van der Waals surface area contributed by atoms with E-state index in [9.17, 15) is 9.18 Å². The molecule has 1 atom stereocenters. The van der Waals surface area contributed by atoms with Gasteiger partial charge in [0.25, 0.3) is 5.91 Å². The summed E-state index contributed by atoms with van der Waals surface area (Å²) in [6, 6.07) is 4.25. The maximum absolute atomic E-state index is 13.4. The highest BCUT2D eigenvalue weighted by Gasteiger charge is 2.14. The number of thiol groups is 1. The highest BCUT2D eigenvalue weighted by atomic mass is 32.1. The molecule has 0 saturated heterocycles. The molecule has 1 rings (SSSR count). The zero-order chi connectivity index (χ0) is 13.0. The normalized spacial score (nSPS) is 12.6. The predicted molar refractivity (Wildman–Crippen MR) is 70.0 cm³/mol. The summed E-state index contributed by atoms with van der Waals surface area (Å²) in [7, 11) is 0. The molecule has 0 aliphatic carbocycles. The van der Waals surface area contributed by atoms with Crippen LogP contribution in [0.2, 0.25) is 0 Å². The Hall–Kier alpha value is -1.03. The van der Waals surface area contributed by atoms with Gasteiger partial charge in [-0.15, -0.1) is 12.6 Å². The van der Waals surface area contributed by atoms with Crippen molar-refractivity contribution in [2.45, 2.75) is 38.1 Å². The Kier molecular flexibility index (Phi) is 5.00. The lowest BCUT2D eigenvalue weighted by atomic mass is 10.0. The van der Waals surface area contributed by atoms with Crippen molar-refractivity contribution in [1.82, 2.24) is 5.32 Å². The molecule has 4 heteroatoms. The molecule has 1 unspecified atom stereocenters. The first kappa shape index (κ1) is 14.0. The minimum Gasteiger partial charge on any atom is -0.349 e. The number of benzene rings is 1. The van der Waals surface area contributed by atoms with Gasteiger partial charge in [0, 0.05) is 10.9 Å². The summed E-state index contributed by atoms with van der Waals surface area (Å²) in [5, 5.41) is 2.78. The van der Waals surface area contributed by atoms with Crippen LogP contribution in [0.1, 0.15) is 37.6 Å². The topological polar surface area (TPSA) is 29.1 Å². The first-order chi connectivity index (χ1) is 7.90. The standard InChI is InChI=1S/C13H18FNOS/c1-8(2)6-9(3)15-13(16)11-7-10(17)4-5-12(11)14/h4-5,7-9,17H,6H2,1-3H3,(H,15,16). The SMILES string of the molecule is CC(C)CC(C)NC(=O)c1cc(S)ccc1F. The van der Waals surface area contributed by atoms with Gasteiger partial charge in [-0.1, -0.05) is 13.8 Å². The summed E-state index contributed by atoms with van der Waals surface area (Å²) in [5.41, 5.74) is 0.0492. The molecule has 1 amide bonds. The molecule has 0 fully saturated rings. The van der Waals surface area contributed by atoms with E-state index in [-0.39, 0.29) is 17.5 Å². The highest BCUT2D eigenvalue weighted by molar-refractivity contribution is 7.80. The van der Waals surface area contributed by atoms with E-state index in [0.717, 1.165) is 6.42 Å². The number of carbonyl (C=O) groups excluding carboxylic acids is 1. The monoisotopic (exact) mass is 255 g/mol. The third kappa shape index (κ3) is 4.38. The van der Waals surface area contributed by atoms with Gasteiger partial charge in [-0.25, -0.2) is 4.39 Å². The summed E-state index contributed by atoms with van der Waals surface area (Å²) in [6.07, 6.45) is 0.869. The van der Waals surface area contributed by atoms with Gasteiger partial charge < -0.3 is 5.32 Å². The Morgan fingerprint density at radius 3 is 2.65 bits per heavy atom. The molecule has 0 aliphatic rings. The number of halogens is 1. The van der Waals surface area contributed by atoms with E-state index in [4.69, 9.17) is 0 Å². The molecule has 0 radical (unpaired) electrons. The molecular formula is C13H18FNOS. The Morgan fingerprint density at radius 1 is 1.41 bits per heavy atom. The summed E-state index contributed by atoms with van der Waals surface area (Å²) in [5.74, 6) is -0.407. The van der Waals surface area contributed by atoms with Crippen molar-refractivity contribution in [3.63, 3.8) is 0 Å². The molecule has 1 N–H and O–H groups in total. The smallest absolute Gasteiger partial charge is 0.254 e. The van der Waals surface area contributed by atoms with E-state index in [0.29, 0.717) is 10.8 Å². The van der Waals surface area contributed by atoms with E-state index < -0.39 is 5.82 Å². The minimum absolute atomic E-state index is 0.0328. The fraction of sp³-hybridized carbons (Fsp3) is 0.462. The van der Waals surface area contributed by atoms with Gasteiger partial charge in [0.05, 0.1) is 5.56 Å². The Bertz CT molecular complexity index is 406. The average Bonchev–Trinajstić information content (AvgIpc) is 2.20. The predicted octanol–water partition coefficient (Wildman–Crippen LogP) is 3.28. The van der Waals surface area contributed by atoms with E-state index in [1.807, 2.05) is 6.92 Å². The highest BCUT2D eigenvalue weighted by Crippen LogP contribution is 2.14. The molecule has 0 aliphatic heterocycles. The van der Waals surface area contributed by atoms with E-state index >= 15 is 0 Å². The third-order valence-electron chi connectivity index (χ3n) is 2.40.